The maximum absolute atomic E-state index is 14.8. The molecule has 5 rings (SSSR count). The van der Waals surface area contributed by atoms with Crippen LogP contribution in [0, 0.1) is 11.6 Å². The number of carbonyl (C=O) groups is 1. The zero-order chi connectivity index (χ0) is 29.4. The van der Waals surface area contributed by atoms with Gasteiger partial charge in [0.2, 0.25) is 5.95 Å². The molecule has 1 saturated heterocycles. The smallest absolute Gasteiger partial charge is 0.281 e. The van der Waals surface area contributed by atoms with E-state index in [4.69, 9.17) is 16.6 Å². The number of benzene rings is 1. The highest BCUT2D eigenvalue weighted by Crippen LogP contribution is 2.32. The zero-order valence-corrected chi connectivity index (χ0v) is 24.5. The van der Waals surface area contributed by atoms with Gasteiger partial charge in [-0.25, -0.2) is 18.7 Å². The standard InChI is InChI=1S/C27H29ClF2N8O2S/c1-14(31-20-5-6-21(28)32-24(20)25(39)35-41-4)17-11-16(29)12-18-23(17)33-27(37(3)26(18)40)38-9-7-15(8-10-38)22-19(30)13-36(2)34-22/h5-6,11-15,31H,7-10H2,1-4H3,(H,35,39). The fourth-order valence-corrected chi connectivity index (χ4v) is 5.68. The van der Waals surface area contributed by atoms with Crippen LogP contribution < -0.4 is 20.5 Å². The summed E-state index contributed by atoms with van der Waals surface area (Å²) in [4.78, 5) is 37.0. The summed E-state index contributed by atoms with van der Waals surface area (Å²) in [5, 5.41) is 7.78. The van der Waals surface area contributed by atoms with Crippen molar-refractivity contribution in [1.29, 1.82) is 0 Å². The van der Waals surface area contributed by atoms with Crippen molar-refractivity contribution in [3.05, 3.63) is 74.6 Å². The van der Waals surface area contributed by atoms with Gasteiger partial charge in [0.25, 0.3) is 11.5 Å². The number of anilines is 2. The average Bonchev–Trinajstić information content (AvgIpc) is 3.29. The van der Waals surface area contributed by atoms with Crippen LogP contribution in [-0.4, -0.2) is 49.6 Å². The molecule has 3 aromatic heterocycles. The highest BCUT2D eigenvalue weighted by atomic mass is 35.5. The molecule has 1 aromatic carbocycles. The molecule has 1 atom stereocenters. The van der Waals surface area contributed by atoms with Crippen LogP contribution in [0.1, 0.15) is 53.5 Å². The predicted octanol–water partition coefficient (Wildman–Crippen LogP) is 4.56. The van der Waals surface area contributed by atoms with E-state index in [1.807, 2.05) is 4.90 Å². The van der Waals surface area contributed by atoms with Crippen molar-refractivity contribution in [3.8, 4) is 0 Å². The molecule has 216 valence electrons. The zero-order valence-electron chi connectivity index (χ0n) is 22.9. The Morgan fingerprint density at radius 2 is 1.90 bits per heavy atom. The van der Waals surface area contributed by atoms with E-state index >= 15 is 0 Å². The van der Waals surface area contributed by atoms with Crippen molar-refractivity contribution in [2.45, 2.75) is 31.7 Å². The fraction of sp³-hybridized carbons (Fsp3) is 0.370. The van der Waals surface area contributed by atoms with Crippen LogP contribution >= 0.6 is 23.5 Å². The number of piperidine rings is 1. The van der Waals surface area contributed by atoms with E-state index in [2.05, 4.69) is 20.1 Å². The highest BCUT2D eigenvalue weighted by Gasteiger charge is 2.28. The third-order valence-electron chi connectivity index (χ3n) is 7.24. The number of rotatable bonds is 7. The Kier molecular flexibility index (Phi) is 8.18. The molecule has 4 heterocycles. The average molecular weight is 603 g/mol. The van der Waals surface area contributed by atoms with Crippen molar-refractivity contribution in [2.24, 2.45) is 14.1 Å². The third-order valence-corrected chi connectivity index (χ3v) is 7.84. The molecule has 41 heavy (non-hydrogen) atoms. The summed E-state index contributed by atoms with van der Waals surface area (Å²) in [6.45, 7) is 2.87. The summed E-state index contributed by atoms with van der Waals surface area (Å²) in [5.41, 5.74) is 1.32. The SMILES string of the molecule is CSNC(=O)c1nc(Cl)ccc1NC(C)c1cc(F)cc2c(=O)n(C)c(N3CCC(c4nn(C)cc4F)CC3)nc12. The lowest BCUT2D eigenvalue weighted by Crippen LogP contribution is -2.38. The quantitative estimate of drug-likeness (QED) is 0.234. The van der Waals surface area contributed by atoms with Gasteiger partial charge in [-0.05, 0) is 44.0 Å². The van der Waals surface area contributed by atoms with Crippen LogP contribution in [-0.2, 0) is 14.1 Å². The van der Waals surface area contributed by atoms with Gasteiger partial charge in [0.1, 0.15) is 16.7 Å². The van der Waals surface area contributed by atoms with E-state index in [-0.39, 0.29) is 33.5 Å². The lowest BCUT2D eigenvalue weighted by atomic mass is 9.93. The molecule has 1 amide bonds. The maximum atomic E-state index is 14.8. The maximum Gasteiger partial charge on any atom is 0.281 e. The van der Waals surface area contributed by atoms with E-state index in [1.165, 1.54) is 27.6 Å². The Morgan fingerprint density at radius 3 is 2.56 bits per heavy atom. The molecule has 0 bridgehead atoms. The summed E-state index contributed by atoms with van der Waals surface area (Å²) in [6.07, 6.45) is 4.35. The first kappa shape index (κ1) is 28.8. The van der Waals surface area contributed by atoms with Gasteiger partial charge >= 0.3 is 0 Å². The molecule has 14 heteroatoms. The number of nitrogens with zero attached hydrogens (tertiary/aromatic N) is 6. The molecule has 0 aliphatic carbocycles. The summed E-state index contributed by atoms with van der Waals surface area (Å²) in [5.74, 6) is -0.942. The topological polar surface area (TPSA) is 110 Å². The lowest BCUT2D eigenvalue weighted by Gasteiger charge is -2.33. The van der Waals surface area contributed by atoms with Crippen molar-refractivity contribution < 1.29 is 13.6 Å². The second kappa shape index (κ2) is 11.6. The largest absolute Gasteiger partial charge is 0.377 e. The highest BCUT2D eigenvalue weighted by molar-refractivity contribution is 7.97. The van der Waals surface area contributed by atoms with Crippen molar-refractivity contribution in [3.63, 3.8) is 0 Å². The normalized spacial score (nSPS) is 14.9. The van der Waals surface area contributed by atoms with Gasteiger partial charge in [-0.2, -0.15) is 5.10 Å². The Balaban J connectivity index is 1.49. The minimum Gasteiger partial charge on any atom is -0.377 e. The number of carbonyl (C=O) groups excluding carboxylic acids is 1. The summed E-state index contributed by atoms with van der Waals surface area (Å²) >= 11 is 7.16. The second-order valence-corrected chi connectivity index (χ2v) is 11.0. The van der Waals surface area contributed by atoms with Crippen LogP contribution in [0.2, 0.25) is 5.15 Å². The molecule has 1 fully saturated rings. The number of hydrogen-bond acceptors (Lipinski definition) is 8. The number of amides is 1. The fourth-order valence-electron chi connectivity index (χ4n) is 5.25. The molecular formula is C27H29ClF2N8O2S. The molecular weight excluding hydrogens is 574 g/mol. The molecule has 1 unspecified atom stereocenters. The van der Waals surface area contributed by atoms with Gasteiger partial charge in [-0.1, -0.05) is 23.5 Å². The van der Waals surface area contributed by atoms with E-state index in [0.29, 0.717) is 54.3 Å². The summed E-state index contributed by atoms with van der Waals surface area (Å²) < 4.78 is 34.6. The lowest BCUT2D eigenvalue weighted by molar-refractivity contribution is 0.0980. The summed E-state index contributed by atoms with van der Waals surface area (Å²) in [7, 11) is 3.30. The van der Waals surface area contributed by atoms with Crippen LogP contribution in [0.25, 0.3) is 10.9 Å². The minimum atomic E-state index is -0.583. The predicted molar refractivity (Wildman–Crippen MR) is 157 cm³/mol. The first-order valence-electron chi connectivity index (χ1n) is 13.0. The number of halogens is 3. The van der Waals surface area contributed by atoms with E-state index in [9.17, 15) is 18.4 Å². The number of fused-ring (bicyclic) bond motifs is 1. The first-order chi connectivity index (χ1) is 19.6. The van der Waals surface area contributed by atoms with Crippen molar-refractivity contribution >= 4 is 52.0 Å². The monoisotopic (exact) mass is 602 g/mol. The Labute approximate surface area is 244 Å². The van der Waals surface area contributed by atoms with Gasteiger partial charge in [0.15, 0.2) is 11.5 Å². The van der Waals surface area contributed by atoms with Gasteiger partial charge in [-0.3, -0.25) is 23.6 Å². The number of aromatic nitrogens is 5. The molecule has 0 spiro atoms. The molecule has 1 aliphatic heterocycles. The molecule has 0 saturated carbocycles. The van der Waals surface area contributed by atoms with Gasteiger partial charge in [0, 0.05) is 44.9 Å². The van der Waals surface area contributed by atoms with Gasteiger partial charge in [-0.15, -0.1) is 0 Å². The van der Waals surface area contributed by atoms with E-state index < -0.39 is 17.8 Å². The van der Waals surface area contributed by atoms with Crippen LogP contribution in [0.4, 0.5) is 20.4 Å². The van der Waals surface area contributed by atoms with Gasteiger partial charge in [0.05, 0.1) is 28.8 Å². The Bertz CT molecular complexity index is 1690. The summed E-state index contributed by atoms with van der Waals surface area (Å²) in [6, 6.07) is 5.11. The molecule has 0 radical (unpaired) electrons. The van der Waals surface area contributed by atoms with E-state index in [1.54, 1.807) is 39.4 Å². The van der Waals surface area contributed by atoms with Crippen molar-refractivity contribution in [1.82, 2.24) is 29.0 Å². The van der Waals surface area contributed by atoms with Crippen molar-refractivity contribution in [2.75, 3.05) is 29.6 Å². The Hall–Kier alpha value is -3.71. The van der Waals surface area contributed by atoms with Crippen LogP contribution in [0.5, 0.6) is 0 Å². The minimum absolute atomic E-state index is 0.0377. The first-order valence-corrected chi connectivity index (χ1v) is 14.6. The van der Waals surface area contributed by atoms with Gasteiger partial charge < -0.3 is 10.2 Å². The number of pyridine rings is 1. The molecule has 1 aliphatic rings. The Morgan fingerprint density at radius 1 is 1.17 bits per heavy atom. The van der Waals surface area contributed by atoms with Crippen LogP contribution in [0.15, 0.2) is 35.3 Å². The molecule has 2 N–H and O–H groups in total. The number of aryl methyl sites for hydroxylation is 1. The third kappa shape index (κ3) is 5.73. The number of nitrogens with one attached hydrogen (secondary N) is 2. The van der Waals surface area contributed by atoms with Crippen LogP contribution in [0.3, 0.4) is 0 Å². The second-order valence-electron chi connectivity index (χ2n) is 10.00. The molecule has 10 nitrogen and oxygen atoms in total. The molecule has 4 aromatic rings. The van der Waals surface area contributed by atoms with E-state index in [0.717, 1.165) is 11.9 Å². The number of hydrogen-bond donors (Lipinski definition) is 2.